The standard InChI is InChI=1S/C27H38FN3O2.C14H21N/c1-8-10-15-29-20(3)25(22(9-2)23-13-11-12-14-24(23)28)21(4)30-16-18-31(19-17-30)26(32)33-27(5,6)7;1-5-7-12(3)9-14(11-15)10-13(4)8-6-2/h9-15H,8,16-19H2,1-7H3;7,9-10H,5-6,8H2,1-4H3/b15-10+,22-9-,25-21-,29-20+;12-7+,13-10+,14-9+. The van der Waals surface area contributed by atoms with Gasteiger partial charge in [-0.05, 0) is 98.4 Å². The molecule has 1 aliphatic rings. The maximum absolute atomic E-state index is 14.7. The normalized spacial score (nSPS) is 15.9. The van der Waals surface area contributed by atoms with Gasteiger partial charge in [-0.15, -0.1) is 0 Å². The number of piperazine rings is 1. The number of nitrogens with zero attached hydrogens (tertiary/aromatic N) is 4. The van der Waals surface area contributed by atoms with Crippen LogP contribution in [0.1, 0.15) is 107 Å². The second-order valence-electron chi connectivity index (χ2n) is 12.9. The summed E-state index contributed by atoms with van der Waals surface area (Å²) in [6.45, 7) is 24.4. The molecule has 0 unspecified atom stereocenters. The summed E-state index contributed by atoms with van der Waals surface area (Å²) in [7, 11) is 0. The molecule has 0 N–H and O–H groups in total. The van der Waals surface area contributed by atoms with Crippen LogP contribution >= 0.6 is 0 Å². The topological polar surface area (TPSA) is 68.9 Å². The summed E-state index contributed by atoms with van der Waals surface area (Å²) in [5.74, 6) is -0.262. The molecular formula is C41H59FN4O2. The summed E-state index contributed by atoms with van der Waals surface area (Å²) in [4.78, 5) is 21.1. The van der Waals surface area contributed by atoms with Crippen molar-refractivity contribution in [3.63, 3.8) is 0 Å². The molecule has 0 atom stereocenters. The smallest absolute Gasteiger partial charge is 0.410 e. The van der Waals surface area contributed by atoms with E-state index in [0.717, 1.165) is 59.4 Å². The lowest BCUT2D eigenvalue weighted by atomic mass is 9.92. The fourth-order valence-corrected chi connectivity index (χ4v) is 5.27. The molecule has 0 aliphatic carbocycles. The number of carbonyl (C=O) groups is 1. The van der Waals surface area contributed by atoms with Gasteiger partial charge in [0.25, 0.3) is 0 Å². The quantitative estimate of drug-likeness (QED) is 0.135. The van der Waals surface area contributed by atoms with Gasteiger partial charge in [-0.25, -0.2) is 9.18 Å². The minimum atomic E-state index is -0.516. The van der Waals surface area contributed by atoms with Crippen molar-refractivity contribution in [2.24, 2.45) is 4.99 Å². The van der Waals surface area contributed by atoms with E-state index < -0.39 is 5.60 Å². The molecular weight excluding hydrogens is 599 g/mol. The lowest BCUT2D eigenvalue weighted by Gasteiger charge is -2.38. The van der Waals surface area contributed by atoms with Crippen molar-refractivity contribution in [1.29, 1.82) is 5.26 Å². The van der Waals surface area contributed by atoms with Crippen LogP contribution in [-0.4, -0.2) is 53.4 Å². The van der Waals surface area contributed by atoms with Crippen LogP contribution < -0.4 is 0 Å². The van der Waals surface area contributed by atoms with Gasteiger partial charge >= 0.3 is 6.09 Å². The van der Waals surface area contributed by atoms with Crippen LogP contribution in [0.4, 0.5) is 9.18 Å². The zero-order valence-corrected chi connectivity index (χ0v) is 31.4. The van der Waals surface area contributed by atoms with Gasteiger partial charge in [-0.3, -0.25) is 4.99 Å². The molecule has 48 heavy (non-hydrogen) atoms. The molecule has 0 radical (unpaired) electrons. The van der Waals surface area contributed by atoms with Crippen LogP contribution in [0.25, 0.3) is 5.57 Å². The van der Waals surface area contributed by atoms with E-state index in [9.17, 15) is 9.18 Å². The number of amides is 1. The molecule has 1 aromatic carbocycles. The first-order valence-corrected chi connectivity index (χ1v) is 17.2. The third-order valence-electron chi connectivity index (χ3n) is 7.55. The van der Waals surface area contributed by atoms with Gasteiger partial charge in [0.1, 0.15) is 11.4 Å². The van der Waals surface area contributed by atoms with Crippen molar-refractivity contribution >= 4 is 17.4 Å². The third-order valence-corrected chi connectivity index (χ3v) is 7.55. The number of nitriles is 1. The molecule has 0 bridgehead atoms. The van der Waals surface area contributed by atoms with Gasteiger partial charge in [-0.2, -0.15) is 5.26 Å². The molecule has 1 amide bonds. The average molecular weight is 659 g/mol. The van der Waals surface area contributed by atoms with Crippen molar-refractivity contribution in [3.8, 4) is 6.07 Å². The zero-order valence-electron chi connectivity index (χ0n) is 31.4. The molecule has 262 valence electrons. The first-order valence-electron chi connectivity index (χ1n) is 17.2. The van der Waals surface area contributed by atoms with Gasteiger partial charge in [0.05, 0.1) is 11.6 Å². The van der Waals surface area contributed by atoms with Gasteiger partial charge in [0.15, 0.2) is 0 Å². The second-order valence-corrected chi connectivity index (χ2v) is 12.9. The highest BCUT2D eigenvalue weighted by Gasteiger charge is 2.27. The fraction of sp³-hybridized carbons (Fsp3) is 0.488. The highest BCUT2D eigenvalue weighted by Crippen LogP contribution is 2.31. The Morgan fingerprint density at radius 1 is 1.00 bits per heavy atom. The number of carbonyl (C=O) groups excluding carboxylic acids is 1. The van der Waals surface area contributed by atoms with E-state index in [1.54, 1.807) is 23.2 Å². The van der Waals surface area contributed by atoms with Crippen LogP contribution in [0.3, 0.4) is 0 Å². The number of benzene rings is 1. The Hall–Kier alpha value is -4.18. The summed E-state index contributed by atoms with van der Waals surface area (Å²) < 4.78 is 20.3. The van der Waals surface area contributed by atoms with E-state index in [0.29, 0.717) is 31.7 Å². The maximum atomic E-state index is 14.7. The molecule has 1 heterocycles. The minimum Gasteiger partial charge on any atom is -0.444 e. The van der Waals surface area contributed by atoms with Crippen LogP contribution in [0.5, 0.6) is 0 Å². The van der Waals surface area contributed by atoms with Crippen LogP contribution in [0.15, 0.2) is 93.8 Å². The largest absolute Gasteiger partial charge is 0.444 e. The van der Waals surface area contributed by atoms with Crippen molar-refractivity contribution in [2.75, 3.05) is 26.2 Å². The predicted octanol–water partition coefficient (Wildman–Crippen LogP) is 11.0. The average Bonchev–Trinajstić information content (AvgIpc) is 3.03. The Morgan fingerprint density at radius 3 is 2.15 bits per heavy atom. The Kier molecular flexibility index (Phi) is 18.9. The van der Waals surface area contributed by atoms with Crippen molar-refractivity contribution in [3.05, 3.63) is 100 Å². The predicted molar refractivity (Wildman–Crippen MR) is 201 cm³/mol. The Morgan fingerprint density at radius 2 is 1.62 bits per heavy atom. The summed E-state index contributed by atoms with van der Waals surface area (Å²) in [6.07, 6.45) is 15.6. The fourth-order valence-electron chi connectivity index (χ4n) is 5.27. The molecule has 1 aromatic rings. The molecule has 0 spiro atoms. The maximum Gasteiger partial charge on any atom is 0.410 e. The highest BCUT2D eigenvalue weighted by molar-refractivity contribution is 6.12. The molecule has 7 heteroatoms. The first-order chi connectivity index (χ1) is 22.7. The molecule has 1 saturated heterocycles. The summed E-state index contributed by atoms with van der Waals surface area (Å²) in [6, 6.07) is 9.05. The lowest BCUT2D eigenvalue weighted by molar-refractivity contribution is 0.0168. The summed E-state index contributed by atoms with van der Waals surface area (Å²) >= 11 is 0. The van der Waals surface area contributed by atoms with E-state index in [-0.39, 0.29) is 11.9 Å². The zero-order chi connectivity index (χ0) is 36.3. The highest BCUT2D eigenvalue weighted by atomic mass is 19.1. The van der Waals surface area contributed by atoms with Crippen LogP contribution in [0, 0.1) is 17.1 Å². The number of aliphatic imine (C=N–C) groups is 1. The van der Waals surface area contributed by atoms with E-state index in [1.165, 1.54) is 11.6 Å². The Labute approximate surface area is 290 Å². The van der Waals surface area contributed by atoms with E-state index >= 15 is 0 Å². The van der Waals surface area contributed by atoms with Crippen molar-refractivity contribution < 1.29 is 13.9 Å². The Bertz CT molecular complexity index is 1450. The van der Waals surface area contributed by atoms with E-state index in [4.69, 9.17) is 10.00 Å². The van der Waals surface area contributed by atoms with E-state index in [1.807, 2.05) is 78.8 Å². The number of ether oxygens (including phenoxy) is 1. The summed E-state index contributed by atoms with van der Waals surface area (Å²) in [5, 5.41) is 8.97. The number of hydrogen-bond donors (Lipinski definition) is 0. The molecule has 0 aromatic heterocycles. The second kappa shape index (κ2) is 21.6. The van der Waals surface area contributed by atoms with Crippen molar-refractivity contribution in [2.45, 2.75) is 107 Å². The van der Waals surface area contributed by atoms with Crippen molar-refractivity contribution in [1.82, 2.24) is 9.80 Å². The third kappa shape index (κ3) is 14.7. The molecule has 0 saturated carbocycles. The molecule has 1 aliphatic heterocycles. The monoisotopic (exact) mass is 658 g/mol. The van der Waals surface area contributed by atoms with Gasteiger partial charge in [0.2, 0.25) is 0 Å². The number of rotatable bonds is 11. The van der Waals surface area contributed by atoms with Gasteiger partial charge in [0, 0.05) is 54.9 Å². The number of allylic oxidation sites excluding steroid dienone is 11. The molecule has 1 fully saturated rings. The molecule has 2 rings (SSSR count). The first kappa shape index (κ1) is 41.8. The minimum absolute atomic E-state index is 0.262. The Balaban J connectivity index is 0.000000646. The lowest BCUT2D eigenvalue weighted by Crippen LogP contribution is -2.49. The van der Waals surface area contributed by atoms with Gasteiger partial charge < -0.3 is 14.5 Å². The SMILES string of the molecule is CC/C=C(C)/C=C(C#N)\C=C(/C)CCC.C\C=C(C(/C(C)=N/C=C/CC)=C(/C)N1CCN(C(=O)OC(C)(C)C)CC1)\c1ccccc1F. The van der Waals surface area contributed by atoms with E-state index in [2.05, 4.69) is 49.7 Å². The molecule has 6 nitrogen and oxygen atoms in total. The summed E-state index contributed by atoms with van der Waals surface area (Å²) in [5.41, 5.74) is 6.78. The van der Waals surface area contributed by atoms with Crippen LogP contribution in [0.2, 0.25) is 0 Å². The number of halogens is 1. The van der Waals surface area contributed by atoms with Crippen LogP contribution in [-0.2, 0) is 4.74 Å². The van der Waals surface area contributed by atoms with Gasteiger partial charge in [-0.1, -0.05) is 74.8 Å². The number of hydrogen-bond acceptors (Lipinski definition) is 5.